The Hall–Kier alpha value is -1.84. The fourth-order valence-electron chi connectivity index (χ4n) is 2.60. The highest BCUT2D eigenvalue weighted by atomic mass is 32.2. The molecule has 1 aliphatic rings. The summed E-state index contributed by atoms with van der Waals surface area (Å²) in [5.74, 6) is 1.26. The lowest BCUT2D eigenvalue weighted by molar-refractivity contribution is -0.134. The molecule has 146 valence electrons. The molecule has 1 amide bonds. The minimum absolute atomic E-state index is 0.0396. The first-order chi connectivity index (χ1) is 12.3. The number of rotatable bonds is 8. The fourth-order valence-corrected chi connectivity index (χ4v) is 3.47. The second-order valence-electron chi connectivity index (χ2n) is 6.25. The highest BCUT2D eigenvalue weighted by Crippen LogP contribution is 2.18. The van der Waals surface area contributed by atoms with Gasteiger partial charge in [-0.2, -0.15) is 17.4 Å². The van der Waals surface area contributed by atoms with Crippen LogP contribution in [0.4, 0.5) is 0 Å². The van der Waals surface area contributed by atoms with Crippen molar-refractivity contribution in [3.63, 3.8) is 0 Å². The lowest BCUT2D eigenvalue weighted by Gasteiger charge is -2.32. The van der Waals surface area contributed by atoms with E-state index in [9.17, 15) is 13.2 Å². The van der Waals surface area contributed by atoms with E-state index < -0.39 is 10.2 Å². The maximum absolute atomic E-state index is 12.3. The van der Waals surface area contributed by atoms with E-state index in [0.29, 0.717) is 38.3 Å². The maximum Gasteiger partial charge on any atom is 0.279 e. The highest BCUT2D eigenvalue weighted by Gasteiger charge is 2.26. The average molecular weight is 385 g/mol. The molecule has 1 saturated heterocycles. The second-order valence-corrected chi connectivity index (χ2v) is 8.17. The van der Waals surface area contributed by atoms with Crippen molar-refractivity contribution in [2.45, 2.75) is 25.8 Å². The Morgan fingerprint density at radius 1 is 1.15 bits per heavy atom. The van der Waals surface area contributed by atoms with Crippen LogP contribution >= 0.6 is 0 Å². The van der Waals surface area contributed by atoms with Crippen LogP contribution < -0.4 is 14.2 Å². The van der Waals surface area contributed by atoms with Gasteiger partial charge >= 0.3 is 0 Å². The Bertz CT molecular complexity index is 683. The molecule has 8 nitrogen and oxygen atoms in total. The molecule has 0 radical (unpaired) electrons. The molecule has 26 heavy (non-hydrogen) atoms. The molecule has 1 aromatic carbocycles. The number of amides is 1. The van der Waals surface area contributed by atoms with E-state index in [1.165, 1.54) is 14.1 Å². The summed E-state index contributed by atoms with van der Waals surface area (Å²) in [4.78, 5) is 14.0. The van der Waals surface area contributed by atoms with Gasteiger partial charge in [-0.3, -0.25) is 4.79 Å². The standard InChI is InChI=1S/C17H27N3O5S/c1-4-24-15-5-7-16(8-6-15)25-13-17(21)20-11-9-14(10-12-20)18-26(22,23)19(2)3/h5-8,14,18H,4,9-13H2,1-3H3. The topological polar surface area (TPSA) is 88.2 Å². The SMILES string of the molecule is CCOc1ccc(OCC(=O)N2CCC(NS(=O)(=O)N(C)C)CC2)cc1. The highest BCUT2D eigenvalue weighted by molar-refractivity contribution is 7.87. The van der Waals surface area contributed by atoms with Crippen LogP contribution in [0.15, 0.2) is 24.3 Å². The molecule has 0 atom stereocenters. The summed E-state index contributed by atoms with van der Waals surface area (Å²) in [5, 5.41) is 0. The van der Waals surface area contributed by atoms with Gasteiger partial charge in [-0.1, -0.05) is 0 Å². The lowest BCUT2D eigenvalue weighted by Crippen LogP contribution is -2.49. The summed E-state index contributed by atoms with van der Waals surface area (Å²) in [7, 11) is -0.474. The Morgan fingerprint density at radius 2 is 1.69 bits per heavy atom. The first-order valence-electron chi connectivity index (χ1n) is 8.65. The van der Waals surface area contributed by atoms with E-state index in [-0.39, 0.29) is 18.6 Å². The van der Waals surface area contributed by atoms with E-state index >= 15 is 0 Å². The average Bonchev–Trinajstić information content (AvgIpc) is 2.61. The monoisotopic (exact) mass is 385 g/mol. The molecule has 0 bridgehead atoms. The molecular formula is C17H27N3O5S. The molecule has 1 heterocycles. The quantitative estimate of drug-likeness (QED) is 0.717. The van der Waals surface area contributed by atoms with E-state index in [1.807, 2.05) is 6.92 Å². The number of nitrogens with zero attached hydrogens (tertiary/aromatic N) is 2. The van der Waals surface area contributed by atoms with Gasteiger partial charge in [0.05, 0.1) is 6.61 Å². The molecule has 9 heteroatoms. The van der Waals surface area contributed by atoms with Crippen LogP contribution in [-0.4, -0.2) is 70.0 Å². The van der Waals surface area contributed by atoms with Gasteiger partial charge in [0.15, 0.2) is 6.61 Å². The van der Waals surface area contributed by atoms with E-state index in [4.69, 9.17) is 9.47 Å². The first kappa shape index (κ1) is 20.5. The number of ether oxygens (including phenoxy) is 2. The summed E-state index contributed by atoms with van der Waals surface area (Å²) in [6.07, 6.45) is 1.17. The minimum Gasteiger partial charge on any atom is -0.494 e. The van der Waals surface area contributed by atoms with Gasteiger partial charge in [-0.05, 0) is 44.0 Å². The molecular weight excluding hydrogens is 358 g/mol. The van der Waals surface area contributed by atoms with Crippen molar-refractivity contribution < 1.29 is 22.7 Å². The third-order valence-electron chi connectivity index (χ3n) is 4.14. The predicted octanol–water partition coefficient (Wildman–Crippen LogP) is 0.851. The number of hydrogen-bond donors (Lipinski definition) is 1. The zero-order valence-electron chi connectivity index (χ0n) is 15.5. The zero-order chi connectivity index (χ0) is 19.2. The molecule has 0 aromatic heterocycles. The van der Waals surface area contributed by atoms with Crippen molar-refractivity contribution in [1.29, 1.82) is 0 Å². The Labute approximate surface area is 155 Å². The van der Waals surface area contributed by atoms with Gasteiger partial charge in [0.25, 0.3) is 16.1 Å². The molecule has 1 aromatic rings. The number of nitrogens with one attached hydrogen (secondary N) is 1. The van der Waals surface area contributed by atoms with Crippen molar-refractivity contribution in [3.8, 4) is 11.5 Å². The van der Waals surface area contributed by atoms with Crippen LogP contribution in [0, 0.1) is 0 Å². The number of carbonyl (C=O) groups is 1. The molecule has 0 aliphatic carbocycles. The van der Waals surface area contributed by atoms with Gasteiger partial charge in [-0.15, -0.1) is 0 Å². The summed E-state index contributed by atoms with van der Waals surface area (Å²) >= 11 is 0. The van der Waals surface area contributed by atoms with Crippen molar-refractivity contribution in [2.24, 2.45) is 0 Å². The van der Waals surface area contributed by atoms with Gasteiger partial charge in [0.2, 0.25) is 0 Å². The van der Waals surface area contributed by atoms with Gasteiger partial charge in [0, 0.05) is 33.2 Å². The van der Waals surface area contributed by atoms with Crippen LogP contribution in [0.3, 0.4) is 0 Å². The number of carbonyl (C=O) groups excluding carboxylic acids is 1. The molecule has 1 fully saturated rings. The normalized spacial score (nSPS) is 15.9. The van der Waals surface area contributed by atoms with Crippen molar-refractivity contribution >= 4 is 16.1 Å². The van der Waals surface area contributed by atoms with Gasteiger partial charge in [0.1, 0.15) is 11.5 Å². The number of piperidine rings is 1. The zero-order valence-corrected chi connectivity index (χ0v) is 16.3. The molecule has 0 spiro atoms. The minimum atomic E-state index is -3.44. The van der Waals surface area contributed by atoms with Crippen molar-refractivity contribution in [2.75, 3.05) is 40.4 Å². The molecule has 0 saturated carbocycles. The smallest absolute Gasteiger partial charge is 0.279 e. The van der Waals surface area contributed by atoms with E-state index in [2.05, 4.69) is 4.72 Å². The summed E-state index contributed by atoms with van der Waals surface area (Å²) in [6, 6.07) is 6.97. The Morgan fingerprint density at radius 3 is 2.19 bits per heavy atom. The predicted molar refractivity (Wildman–Crippen MR) is 98.5 cm³/mol. The van der Waals surface area contributed by atoms with Crippen molar-refractivity contribution in [3.05, 3.63) is 24.3 Å². The van der Waals surface area contributed by atoms with E-state index in [0.717, 1.165) is 10.1 Å². The maximum atomic E-state index is 12.3. The van der Waals surface area contributed by atoms with Crippen LogP contribution in [0.5, 0.6) is 11.5 Å². The number of likely N-dealkylation sites (tertiary alicyclic amines) is 1. The molecule has 1 N–H and O–H groups in total. The molecule has 1 aliphatic heterocycles. The summed E-state index contributed by atoms with van der Waals surface area (Å²) in [6.45, 7) is 3.48. The van der Waals surface area contributed by atoms with Crippen LogP contribution in [-0.2, 0) is 15.0 Å². The Balaban J connectivity index is 1.76. The number of benzene rings is 1. The largest absolute Gasteiger partial charge is 0.494 e. The number of hydrogen-bond acceptors (Lipinski definition) is 5. The van der Waals surface area contributed by atoms with Gasteiger partial charge < -0.3 is 14.4 Å². The molecule has 0 unspecified atom stereocenters. The second kappa shape index (κ2) is 9.20. The van der Waals surface area contributed by atoms with E-state index in [1.54, 1.807) is 29.2 Å². The van der Waals surface area contributed by atoms with Crippen LogP contribution in [0.2, 0.25) is 0 Å². The van der Waals surface area contributed by atoms with Crippen LogP contribution in [0.1, 0.15) is 19.8 Å². The first-order valence-corrected chi connectivity index (χ1v) is 10.1. The van der Waals surface area contributed by atoms with Crippen LogP contribution in [0.25, 0.3) is 0 Å². The Kier molecular flexibility index (Phi) is 7.24. The van der Waals surface area contributed by atoms with Crippen molar-refractivity contribution in [1.82, 2.24) is 13.9 Å². The molecule has 2 rings (SSSR count). The summed E-state index contributed by atoms with van der Waals surface area (Å²) < 4.78 is 38.4. The third-order valence-corrected chi connectivity index (χ3v) is 5.73. The van der Waals surface area contributed by atoms with Gasteiger partial charge in [-0.25, -0.2) is 0 Å². The summed E-state index contributed by atoms with van der Waals surface area (Å²) in [5.41, 5.74) is 0. The fraction of sp³-hybridized carbons (Fsp3) is 0.588. The lowest BCUT2D eigenvalue weighted by atomic mass is 10.1. The third kappa shape index (κ3) is 5.86.